The molecule has 0 N–H and O–H groups in total. The lowest BCUT2D eigenvalue weighted by Gasteiger charge is -2.20. The molecule has 0 saturated carbocycles. The van der Waals surface area contributed by atoms with Crippen molar-refractivity contribution in [2.75, 3.05) is 6.54 Å². The fourth-order valence-electron chi connectivity index (χ4n) is 2.19. The van der Waals surface area contributed by atoms with E-state index < -0.39 is 0 Å². The van der Waals surface area contributed by atoms with Gasteiger partial charge in [-0.1, -0.05) is 60.7 Å². The second-order valence-electron chi connectivity index (χ2n) is 5.32. The van der Waals surface area contributed by atoms with E-state index in [0.29, 0.717) is 13.1 Å². The van der Waals surface area contributed by atoms with Crippen LogP contribution in [0.2, 0.25) is 0 Å². The van der Waals surface area contributed by atoms with Gasteiger partial charge >= 0.3 is 5.97 Å². The number of benzene rings is 2. The molecule has 0 atom stereocenters. The molecule has 0 aromatic heterocycles. The number of carbonyl (C=O) groups is 2. The van der Waals surface area contributed by atoms with Crippen LogP contribution in [0.3, 0.4) is 0 Å². The van der Waals surface area contributed by atoms with E-state index in [1.807, 2.05) is 60.7 Å². The minimum absolute atomic E-state index is 0.0512. The quantitative estimate of drug-likeness (QED) is 0.738. The van der Waals surface area contributed by atoms with Crippen LogP contribution < -0.4 is 0 Å². The number of rotatable bonds is 7. The summed E-state index contributed by atoms with van der Waals surface area (Å²) in [6.07, 6.45) is 0.194. The average molecular weight is 311 g/mol. The number of ether oxygens (including phenoxy) is 1. The maximum Gasteiger partial charge on any atom is 0.307 e. The van der Waals surface area contributed by atoms with Gasteiger partial charge in [-0.25, -0.2) is 0 Å². The van der Waals surface area contributed by atoms with Crippen molar-refractivity contribution in [1.29, 1.82) is 0 Å². The maximum atomic E-state index is 11.8. The van der Waals surface area contributed by atoms with Crippen LogP contribution in [0.15, 0.2) is 60.7 Å². The van der Waals surface area contributed by atoms with Gasteiger partial charge in [0.05, 0.1) is 6.42 Å². The molecule has 0 aliphatic rings. The molecule has 0 aliphatic carbocycles. The fourth-order valence-corrected chi connectivity index (χ4v) is 2.19. The van der Waals surface area contributed by atoms with Gasteiger partial charge in [0.1, 0.15) is 6.61 Å². The molecule has 2 rings (SSSR count). The van der Waals surface area contributed by atoms with Gasteiger partial charge in [-0.05, 0) is 11.1 Å². The first-order chi connectivity index (χ1) is 11.1. The monoisotopic (exact) mass is 311 g/mol. The van der Waals surface area contributed by atoms with Crippen LogP contribution in [-0.2, 0) is 27.5 Å². The minimum atomic E-state index is -0.298. The summed E-state index contributed by atoms with van der Waals surface area (Å²) in [7, 11) is 0. The molecule has 0 spiro atoms. The molecule has 0 saturated heterocycles. The van der Waals surface area contributed by atoms with Crippen LogP contribution in [-0.4, -0.2) is 23.3 Å². The molecular weight excluding hydrogens is 290 g/mol. The SMILES string of the molecule is CC(=O)N(CCC(=O)OCc1ccccc1)Cc1ccccc1. The molecule has 4 heteroatoms. The first-order valence-corrected chi connectivity index (χ1v) is 7.64. The van der Waals surface area contributed by atoms with Gasteiger partial charge in [0.15, 0.2) is 0 Å². The summed E-state index contributed by atoms with van der Waals surface area (Å²) >= 11 is 0. The summed E-state index contributed by atoms with van der Waals surface area (Å²) in [5, 5.41) is 0. The fraction of sp³-hybridized carbons (Fsp3) is 0.263. The van der Waals surface area contributed by atoms with Crippen LogP contribution in [0.1, 0.15) is 24.5 Å². The van der Waals surface area contributed by atoms with Crippen LogP contribution in [0.25, 0.3) is 0 Å². The van der Waals surface area contributed by atoms with Crippen molar-refractivity contribution in [2.24, 2.45) is 0 Å². The highest BCUT2D eigenvalue weighted by Crippen LogP contribution is 2.07. The van der Waals surface area contributed by atoms with Crippen molar-refractivity contribution in [1.82, 2.24) is 4.90 Å². The topological polar surface area (TPSA) is 46.6 Å². The Morgan fingerprint density at radius 3 is 2.04 bits per heavy atom. The van der Waals surface area contributed by atoms with Crippen LogP contribution >= 0.6 is 0 Å². The summed E-state index contributed by atoms with van der Waals surface area (Å²) in [6.45, 7) is 2.64. The smallest absolute Gasteiger partial charge is 0.307 e. The maximum absolute atomic E-state index is 11.8. The standard InChI is InChI=1S/C19H21NO3/c1-16(21)20(14-17-8-4-2-5-9-17)13-12-19(22)23-15-18-10-6-3-7-11-18/h2-11H,12-15H2,1H3. The Balaban J connectivity index is 1.79. The van der Waals surface area contributed by atoms with E-state index in [2.05, 4.69) is 0 Å². The number of amides is 1. The molecule has 0 aliphatic heterocycles. The van der Waals surface area contributed by atoms with E-state index in [9.17, 15) is 9.59 Å². The summed E-state index contributed by atoms with van der Waals surface area (Å²) in [5.74, 6) is -0.349. The van der Waals surface area contributed by atoms with E-state index in [0.717, 1.165) is 11.1 Å². The number of carbonyl (C=O) groups excluding carboxylic acids is 2. The van der Waals surface area contributed by atoms with Crippen molar-refractivity contribution in [3.63, 3.8) is 0 Å². The molecule has 23 heavy (non-hydrogen) atoms. The summed E-state index contributed by atoms with van der Waals surface area (Å²) in [4.78, 5) is 25.2. The molecular formula is C19H21NO3. The molecule has 0 heterocycles. The predicted molar refractivity (Wildman–Crippen MR) is 88.4 cm³/mol. The Labute approximate surface area is 136 Å². The van der Waals surface area contributed by atoms with Crippen LogP contribution in [0, 0.1) is 0 Å². The molecule has 2 aromatic carbocycles. The molecule has 2 aromatic rings. The molecule has 0 bridgehead atoms. The molecule has 0 fully saturated rings. The summed E-state index contributed by atoms with van der Waals surface area (Å²) < 4.78 is 5.23. The number of esters is 1. The second kappa shape index (κ2) is 8.73. The van der Waals surface area contributed by atoms with Gasteiger partial charge in [-0.3, -0.25) is 9.59 Å². The first-order valence-electron chi connectivity index (χ1n) is 7.64. The van der Waals surface area contributed by atoms with Crippen LogP contribution in [0.5, 0.6) is 0 Å². The zero-order valence-electron chi connectivity index (χ0n) is 13.3. The normalized spacial score (nSPS) is 10.1. The third-order valence-corrected chi connectivity index (χ3v) is 3.49. The van der Waals surface area contributed by atoms with Crippen molar-refractivity contribution in [2.45, 2.75) is 26.5 Å². The lowest BCUT2D eigenvalue weighted by molar-refractivity contribution is -0.145. The van der Waals surface area contributed by atoms with E-state index >= 15 is 0 Å². The Morgan fingerprint density at radius 1 is 0.913 bits per heavy atom. The highest BCUT2D eigenvalue weighted by atomic mass is 16.5. The predicted octanol–water partition coefficient (Wildman–Crippen LogP) is 3.17. The van der Waals surface area contributed by atoms with Gasteiger partial charge in [0, 0.05) is 20.0 Å². The largest absolute Gasteiger partial charge is 0.461 e. The van der Waals surface area contributed by atoms with E-state index in [1.165, 1.54) is 6.92 Å². The third kappa shape index (κ3) is 5.94. The van der Waals surface area contributed by atoms with Crippen molar-refractivity contribution >= 4 is 11.9 Å². The molecule has 0 radical (unpaired) electrons. The van der Waals surface area contributed by atoms with E-state index in [-0.39, 0.29) is 24.9 Å². The Hall–Kier alpha value is -2.62. The first kappa shape index (κ1) is 16.7. The average Bonchev–Trinajstić information content (AvgIpc) is 2.58. The zero-order chi connectivity index (χ0) is 16.5. The van der Waals surface area contributed by atoms with Gasteiger partial charge < -0.3 is 9.64 Å². The van der Waals surface area contributed by atoms with Gasteiger partial charge in [-0.2, -0.15) is 0 Å². The molecule has 4 nitrogen and oxygen atoms in total. The van der Waals surface area contributed by atoms with Crippen molar-refractivity contribution in [3.05, 3.63) is 71.8 Å². The lowest BCUT2D eigenvalue weighted by Crippen LogP contribution is -2.30. The Morgan fingerprint density at radius 2 is 1.48 bits per heavy atom. The minimum Gasteiger partial charge on any atom is -0.461 e. The number of nitrogens with zero attached hydrogens (tertiary/aromatic N) is 1. The number of hydrogen-bond donors (Lipinski definition) is 0. The zero-order valence-corrected chi connectivity index (χ0v) is 13.3. The van der Waals surface area contributed by atoms with Crippen molar-refractivity contribution < 1.29 is 14.3 Å². The highest BCUT2D eigenvalue weighted by Gasteiger charge is 2.12. The van der Waals surface area contributed by atoms with Gasteiger partial charge in [0.25, 0.3) is 0 Å². The molecule has 120 valence electrons. The second-order valence-corrected chi connectivity index (χ2v) is 5.32. The highest BCUT2D eigenvalue weighted by molar-refractivity contribution is 5.75. The van der Waals surface area contributed by atoms with Gasteiger partial charge in [-0.15, -0.1) is 0 Å². The number of hydrogen-bond acceptors (Lipinski definition) is 3. The van der Waals surface area contributed by atoms with Gasteiger partial charge in [0.2, 0.25) is 5.91 Å². The van der Waals surface area contributed by atoms with Crippen molar-refractivity contribution in [3.8, 4) is 0 Å². The Kier molecular flexibility index (Phi) is 6.36. The molecule has 0 unspecified atom stereocenters. The summed E-state index contributed by atoms with van der Waals surface area (Å²) in [5.41, 5.74) is 1.99. The molecule has 1 amide bonds. The van der Waals surface area contributed by atoms with E-state index in [1.54, 1.807) is 4.90 Å². The summed E-state index contributed by atoms with van der Waals surface area (Å²) in [6, 6.07) is 19.3. The van der Waals surface area contributed by atoms with Crippen LogP contribution in [0.4, 0.5) is 0 Å². The Bertz CT molecular complexity index is 626. The lowest BCUT2D eigenvalue weighted by atomic mass is 10.2. The van der Waals surface area contributed by atoms with E-state index in [4.69, 9.17) is 4.74 Å². The third-order valence-electron chi connectivity index (χ3n) is 3.49.